The minimum Gasteiger partial charge on any atom is -0.365 e. The van der Waals surface area contributed by atoms with Gasteiger partial charge in [-0.2, -0.15) is 5.26 Å². The van der Waals surface area contributed by atoms with Crippen LogP contribution in [0.3, 0.4) is 0 Å². The van der Waals surface area contributed by atoms with E-state index in [1.807, 2.05) is 6.07 Å². The number of nitriles is 1. The van der Waals surface area contributed by atoms with E-state index in [0.29, 0.717) is 6.42 Å². The minimum atomic E-state index is -1.02. The first kappa shape index (κ1) is 13.4. The van der Waals surface area contributed by atoms with Crippen molar-refractivity contribution in [1.29, 1.82) is 5.26 Å². The van der Waals surface area contributed by atoms with Crippen LogP contribution in [-0.2, 0) is 6.54 Å². The number of carbonyl (C=O) groups is 1. The highest BCUT2D eigenvalue weighted by molar-refractivity contribution is 5.92. The van der Waals surface area contributed by atoms with Crippen LogP contribution in [0.4, 0.5) is 5.69 Å². The number of carbonyl (C=O) groups excluding carboxylic acids is 1. The van der Waals surface area contributed by atoms with Crippen molar-refractivity contribution in [3.05, 3.63) is 38.3 Å². The molecule has 1 rings (SSSR count). The van der Waals surface area contributed by atoms with E-state index in [9.17, 15) is 19.7 Å². The lowest BCUT2D eigenvalue weighted by molar-refractivity contribution is -0.385. The average Bonchev–Trinajstić information content (AvgIpc) is 2.30. The molecule has 0 atom stereocenters. The summed E-state index contributed by atoms with van der Waals surface area (Å²) in [5.41, 5.74) is 3.47. The number of unbranched alkanes of at least 4 members (excludes halogenated alkanes) is 1. The van der Waals surface area contributed by atoms with E-state index >= 15 is 0 Å². The van der Waals surface area contributed by atoms with Crippen molar-refractivity contribution < 1.29 is 9.72 Å². The predicted molar refractivity (Wildman–Crippen MR) is 60.7 cm³/mol. The number of aryl methyl sites for hydroxylation is 1. The van der Waals surface area contributed by atoms with Crippen LogP contribution < -0.4 is 11.3 Å². The molecule has 8 nitrogen and oxygen atoms in total. The monoisotopic (exact) mass is 250 g/mol. The lowest BCUT2D eigenvalue weighted by Crippen LogP contribution is -2.29. The summed E-state index contributed by atoms with van der Waals surface area (Å²) in [6, 6.07) is 2.74. The van der Waals surface area contributed by atoms with Crippen molar-refractivity contribution in [3.8, 4) is 6.07 Å². The molecule has 0 aromatic carbocycles. The van der Waals surface area contributed by atoms with Crippen LogP contribution in [0.25, 0.3) is 0 Å². The number of rotatable bonds is 5. The highest BCUT2D eigenvalue weighted by atomic mass is 16.6. The Morgan fingerprint density at radius 3 is 2.78 bits per heavy atom. The smallest absolute Gasteiger partial charge is 0.286 e. The van der Waals surface area contributed by atoms with Crippen LogP contribution in [0.1, 0.15) is 23.2 Å². The summed E-state index contributed by atoms with van der Waals surface area (Å²) in [5.74, 6) is -1.02. The summed E-state index contributed by atoms with van der Waals surface area (Å²) >= 11 is 0. The SMILES string of the molecule is N#CCCCn1cc([N+](=O)[O-])cc(C(N)=O)c1=O. The van der Waals surface area contributed by atoms with E-state index in [0.717, 1.165) is 16.8 Å². The van der Waals surface area contributed by atoms with E-state index in [1.54, 1.807) is 0 Å². The molecule has 1 heterocycles. The van der Waals surface area contributed by atoms with E-state index < -0.39 is 22.0 Å². The van der Waals surface area contributed by atoms with Crippen LogP contribution >= 0.6 is 0 Å². The number of primary amides is 1. The summed E-state index contributed by atoms with van der Waals surface area (Å²) in [7, 11) is 0. The first-order valence-electron chi connectivity index (χ1n) is 5.03. The molecule has 0 saturated heterocycles. The molecular formula is C10H10N4O4. The fourth-order valence-electron chi connectivity index (χ4n) is 1.39. The fraction of sp³-hybridized carbons (Fsp3) is 0.300. The maximum atomic E-state index is 11.7. The summed E-state index contributed by atoms with van der Waals surface area (Å²) in [6.45, 7) is 0.119. The number of nitrogens with two attached hydrogens (primary N) is 1. The largest absolute Gasteiger partial charge is 0.365 e. The van der Waals surface area contributed by atoms with Crippen LogP contribution in [0.2, 0.25) is 0 Å². The Morgan fingerprint density at radius 2 is 2.28 bits per heavy atom. The van der Waals surface area contributed by atoms with Gasteiger partial charge in [-0.25, -0.2) is 0 Å². The summed E-state index contributed by atoms with van der Waals surface area (Å²) < 4.78 is 1.02. The Hall–Kier alpha value is -2.69. The number of pyridine rings is 1. The van der Waals surface area contributed by atoms with Gasteiger partial charge in [0.05, 0.1) is 17.2 Å². The summed E-state index contributed by atoms with van der Waals surface area (Å²) in [4.78, 5) is 32.7. The molecule has 0 spiro atoms. The molecule has 1 aromatic heterocycles. The highest BCUT2D eigenvalue weighted by Crippen LogP contribution is 2.10. The lowest BCUT2D eigenvalue weighted by Gasteiger charge is -2.05. The van der Waals surface area contributed by atoms with Crippen molar-refractivity contribution in [2.24, 2.45) is 5.73 Å². The normalized spacial score (nSPS) is 9.72. The maximum absolute atomic E-state index is 11.7. The third kappa shape index (κ3) is 2.91. The lowest BCUT2D eigenvalue weighted by atomic mass is 10.2. The van der Waals surface area contributed by atoms with Crippen LogP contribution in [0.15, 0.2) is 17.1 Å². The van der Waals surface area contributed by atoms with Crippen LogP contribution in [0, 0.1) is 21.4 Å². The average molecular weight is 250 g/mol. The molecular weight excluding hydrogens is 240 g/mol. The predicted octanol–water partition coefficient (Wildman–Crippen LogP) is 0.159. The Kier molecular flexibility index (Phi) is 4.15. The Morgan fingerprint density at radius 1 is 1.61 bits per heavy atom. The van der Waals surface area contributed by atoms with E-state index in [1.165, 1.54) is 0 Å². The summed E-state index contributed by atoms with van der Waals surface area (Å²) in [6.07, 6.45) is 1.60. The molecule has 2 N–H and O–H groups in total. The number of amides is 1. The molecule has 1 aromatic rings. The van der Waals surface area contributed by atoms with E-state index in [-0.39, 0.29) is 18.7 Å². The molecule has 1 amide bonds. The van der Waals surface area contributed by atoms with Gasteiger partial charge in [-0.1, -0.05) is 0 Å². The maximum Gasteiger partial charge on any atom is 0.286 e. The van der Waals surface area contributed by atoms with Gasteiger partial charge in [0.15, 0.2) is 0 Å². The summed E-state index contributed by atoms with van der Waals surface area (Å²) in [5, 5.41) is 19.0. The van der Waals surface area contributed by atoms with Gasteiger partial charge in [0, 0.05) is 19.0 Å². The van der Waals surface area contributed by atoms with Gasteiger partial charge in [-0.3, -0.25) is 19.7 Å². The minimum absolute atomic E-state index is 0.119. The Labute approximate surface area is 101 Å². The number of hydrogen-bond donors (Lipinski definition) is 1. The number of aromatic nitrogens is 1. The number of nitro groups is 1. The third-order valence-electron chi connectivity index (χ3n) is 2.24. The van der Waals surface area contributed by atoms with Crippen molar-refractivity contribution in [2.75, 3.05) is 0 Å². The first-order chi connectivity index (χ1) is 8.47. The van der Waals surface area contributed by atoms with Gasteiger partial charge < -0.3 is 10.3 Å². The zero-order valence-corrected chi connectivity index (χ0v) is 9.33. The van der Waals surface area contributed by atoms with Crippen LogP contribution in [-0.4, -0.2) is 15.4 Å². The van der Waals surface area contributed by atoms with Crippen molar-refractivity contribution in [2.45, 2.75) is 19.4 Å². The molecule has 94 valence electrons. The zero-order chi connectivity index (χ0) is 13.7. The standard InChI is InChI=1S/C10H10N4O4/c11-3-1-2-4-13-6-7(14(17)18)5-8(9(12)15)10(13)16/h5-6H,1-2,4H2,(H2,12,15). The van der Waals surface area contributed by atoms with Gasteiger partial charge in [0.25, 0.3) is 17.2 Å². The highest BCUT2D eigenvalue weighted by Gasteiger charge is 2.16. The van der Waals surface area contributed by atoms with Crippen molar-refractivity contribution >= 4 is 11.6 Å². The molecule has 0 aliphatic heterocycles. The number of hydrogen-bond acceptors (Lipinski definition) is 5. The van der Waals surface area contributed by atoms with Gasteiger partial charge >= 0.3 is 0 Å². The molecule has 8 heteroatoms. The molecule has 18 heavy (non-hydrogen) atoms. The molecule has 0 fully saturated rings. The second-order valence-electron chi connectivity index (χ2n) is 3.49. The fourth-order valence-corrected chi connectivity index (χ4v) is 1.39. The van der Waals surface area contributed by atoms with E-state index in [2.05, 4.69) is 0 Å². The zero-order valence-electron chi connectivity index (χ0n) is 9.33. The molecule has 0 saturated carbocycles. The van der Waals surface area contributed by atoms with Gasteiger partial charge in [-0.15, -0.1) is 0 Å². The van der Waals surface area contributed by atoms with Crippen molar-refractivity contribution in [3.63, 3.8) is 0 Å². The second-order valence-corrected chi connectivity index (χ2v) is 3.49. The first-order valence-corrected chi connectivity index (χ1v) is 5.03. The third-order valence-corrected chi connectivity index (χ3v) is 2.24. The number of nitrogens with zero attached hydrogens (tertiary/aromatic N) is 3. The topological polar surface area (TPSA) is 132 Å². The molecule has 0 aliphatic rings. The van der Waals surface area contributed by atoms with E-state index in [4.69, 9.17) is 11.0 Å². The quantitative estimate of drug-likeness (QED) is 0.451. The van der Waals surface area contributed by atoms with Gasteiger partial charge in [0.2, 0.25) is 0 Å². The van der Waals surface area contributed by atoms with Crippen molar-refractivity contribution in [1.82, 2.24) is 4.57 Å². The Balaban J connectivity index is 3.24. The van der Waals surface area contributed by atoms with Gasteiger partial charge in [0.1, 0.15) is 5.56 Å². The Bertz CT molecular complexity index is 585. The second kappa shape index (κ2) is 5.58. The van der Waals surface area contributed by atoms with Gasteiger partial charge in [-0.05, 0) is 6.42 Å². The van der Waals surface area contributed by atoms with Crippen LogP contribution in [0.5, 0.6) is 0 Å². The molecule has 0 bridgehead atoms. The molecule has 0 radical (unpaired) electrons. The molecule has 0 unspecified atom stereocenters. The molecule has 0 aliphatic carbocycles.